The lowest BCUT2D eigenvalue weighted by Gasteiger charge is -2.23. The first-order chi connectivity index (χ1) is 10.3. The molecule has 22 heavy (non-hydrogen) atoms. The van der Waals surface area contributed by atoms with Crippen LogP contribution >= 0.6 is 12.2 Å². The third-order valence-electron chi connectivity index (χ3n) is 3.18. The van der Waals surface area contributed by atoms with Gasteiger partial charge in [0, 0.05) is 31.3 Å². The molecule has 8 heteroatoms. The van der Waals surface area contributed by atoms with Gasteiger partial charge in [0.2, 0.25) is 5.91 Å². The van der Waals surface area contributed by atoms with Crippen molar-refractivity contribution in [3.05, 3.63) is 27.4 Å². The molecule has 2 N–H and O–H groups in total. The van der Waals surface area contributed by atoms with Crippen molar-refractivity contribution in [1.82, 2.24) is 19.8 Å². The van der Waals surface area contributed by atoms with Crippen LogP contribution in [0, 0.1) is 10.7 Å². The summed E-state index contributed by atoms with van der Waals surface area (Å²) in [4.78, 5) is 39.4. The van der Waals surface area contributed by atoms with Gasteiger partial charge in [-0.2, -0.15) is 0 Å². The Morgan fingerprint density at radius 3 is 2.68 bits per heavy atom. The van der Waals surface area contributed by atoms with Gasteiger partial charge < -0.3 is 14.8 Å². The second-order valence-corrected chi connectivity index (χ2v) is 5.66. The van der Waals surface area contributed by atoms with Crippen LogP contribution in [0.4, 0.5) is 0 Å². The summed E-state index contributed by atoms with van der Waals surface area (Å²) in [6, 6.07) is 1.31. The third-order valence-corrected chi connectivity index (χ3v) is 3.51. The zero-order valence-electron chi connectivity index (χ0n) is 13.1. The first-order valence-electron chi connectivity index (χ1n) is 7.10. The molecule has 0 aromatic carbocycles. The minimum atomic E-state index is -0.310. The van der Waals surface area contributed by atoms with Crippen LogP contribution in [0.1, 0.15) is 13.8 Å². The van der Waals surface area contributed by atoms with Gasteiger partial charge in [-0.15, -0.1) is 0 Å². The number of likely N-dealkylation sites (N-methyl/N-ethyl adjacent to an activating group) is 1. The van der Waals surface area contributed by atoms with Crippen LogP contribution in [0.15, 0.2) is 17.1 Å². The highest BCUT2D eigenvalue weighted by molar-refractivity contribution is 7.71. The molecule has 1 aromatic rings. The van der Waals surface area contributed by atoms with E-state index < -0.39 is 0 Å². The van der Waals surface area contributed by atoms with Gasteiger partial charge in [0.1, 0.15) is 6.54 Å². The van der Waals surface area contributed by atoms with Crippen LogP contribution in [0.3, 0.4) is 0 Å². The summed E-state index contributed by atoms with van der Waals surface area (Å²) in [6.07, 6.45) is 1.47. The molecular formula is C14H22N4O3S. The number of nitrogens with one attached hydrogen (secondary N) is 2. The predicted octanol–water partition coefficient (Wildman–Crippen LogP) is 0.179. The van der Waals surface area contributed by atoms with Crippen molar-refractivity contribution in [2.24, 2.45) is 5.92 Å². The van der Waals surface area contributed by atoms with Crippen LogP contribution in [0.5, 0.6) is 0 Å². The maximum absolute atomic E-state index is 12.4. The fourth-order valence-corrected chi connectivity index (χ4v) is 1.95. The maximum Gasteiger partial charge on any atom is 0.251 e. The number of rotatable bonds is 8. The maximum atomic E-state index is 12.4. The van der Waals surface area contributed by atoms with Gasteiger partial charge in [-0.1, -0.05) is 13.8 Å². The minimum absolute atomic E-state index is 0.00881. The number of aromatic nitrogens is 2. The Bertz CT molecular complexity index is 635. The van der Waals surface area contributed by atoms with Crippen molar-refractivity contribution >= 4 is 23.9 Å². The van der Waals surface area contributed by atoms with Gasteiger partial charge in [-0.05, 0) is 19.3 Å². The number of hydrogen-bond acceptors (Lipinski definition) is 5. The molecule has 0 atom stereocenters. The Morgan fingerprint density at radius 1 is 1.45 bits per heavy atom. The van der Waals surface area contributed by atoms with Crippen molar-refractivity contribution < 1.29 is 9.59 Å². The first-order valence-corrected chi connectivity index (χ1v) is 7.50. The van der Waals surface area contributed by atoms with E-state index >= 15 is 0 Å². The summed E-state index contributed by atoms with van der Waals surface area (Å²) >= 11 is 5.02. The molecule has 0 spiro atoms. The molecule has 0 radical (unpaired) electrons. The first kappa shape index (κ1) is 18.2. The third kappa shape index (κ3) is 5.53. The molecule has 0 fully saturated rings. The van der Waals surface area contributed by atoms with Crippen LogP contribution in [0.2, 0.25) is 0 Å². The summed E-state index contributed by atoms with van der Waals surface area (Å²) in [5.74, 6) is -0.331. The van der Waals surface area contributed by atoms with Gasteiger partial charge in [-0.3, -0.25) is 19.4 Å². The van der Waals surface area contributed by atoms with Crippen molar-refractivity contribution in [2.75, 3.05) is 26.7 Å². The number of ketones is 1. The van der Waals surface area contributed by atoms with Crippen LogP contribution in [0.25, 0.3) is 0 Å². The standard InChI is InChI=1S/C14H22N4O3S/c1-10(2)11(19)8-17(7-5-15-3)13(21)9-18-6-4-12(20)16-14(18)22/h4,6,10,15H,5,7-9H2,1-3H3,(H,16,20,22). The quantitative estimate of drug-likeness (QED) is 0.666. The van der Waals surface area contributed by atoms with E-state index in [9.17, 15) is 14.4 Å². The Hall–Kier alpha value is -1.80. The van der Waals surface area contributed by atoms with E-state index in [1.807, 2.05) is 0 Å². The van der Waals surface area contributed by atoms with E-state index in [0.717, 1.165) is 0 Å². The normalized spacial score (nSPS) is 10.7. The highest BCUT2D eigenvalue weighted by atomic mass is 32.1. The molecule has 0 aliphatic heterocycles. The fourth-order valence-electron chi connectivity index (χ4n) is 1.72. The van der Waals surface area contributed by atoms with Crippen LogP contribution < -0.4 is 10.9 Å². The Kier molecular flexibility index (Phi) is 7.13. The van der Waals surface area contributed by atoms with Gasteiger partial charge in [-0.25, -0.2) is 0 Å². The Morgan fingerprint density at radius 2 is 2.14 bits per heavy atom. The number of hydrogen-bond donors (Lipinski definition) is 2. The number of aromatic amines is 1. The topological polar surface area (TPSA) is 87.2 Å². The molecule has 0 unspecified atom stereocenters. The number of amides is 1. The molecular weight excluding hydrogens is 304 g/mol. The number of carbonyl (C=O) groups is 2. The van der Waals surface area contributed by atoms with E-state index in [2.05, 4.69) is 10.3 Å². The number of H-pyrrole nitrogens is 1. The SMILES string of the molecule is CNCCN(CC(=O)C(C)C)C(=O)Cn1ccc(=O)[nH]c1=S. The molecule has 1 aromatic heterocycles. The lowest BCUT2D eigenvalue weighted by atomic mass is 10.1. The molecule has 0 saturated carbocycles. The fraction of sp³-hybridized carbons (Fsp3) is 0.571. The van der Waals surface area contributed by atoms with Crippen molar-refractivity contribution in [2.45, 2.75) is 20.4 Å². The predicted molar refractivity (Wildman–Crippen MR) is 86.2 cm³/mol. The molecule has 0 aliphatic carbocycles. The monoisotopic (exact) mass is 326 g/mol. The smallest absolute Gasteiger partial charge is 0.251 e. The largest absolute Gasteiger partial charge is 0.333 e. The summed E-state index contributed by atoms with van der Waals surface area (Å²) in [6.45, 7) is 4.71. The van der Waals surface area contributed by atoms with E-state index in [0.29, 0.717) is 13.1 Å². The molecule has 0 saturated heterocycles. The van der Waals surface area contributed by atoms with Gasteiger partial charge >= 0.3 is 0 Å². The summed E-state index contributed by atoms with van der Waals surface area (Å²) in [7, 11) is 1.78. The van der Waals surface area contributed by atoms with Crippen LogP contribution in [-0.2, 0) is 16.1 Å². The molecule has 122 valence electrons. The highest BCUT2D eigenvalue weighted by Crippen LogP contribution is 2.00. The lowest BCUT2D eigenvalue weighted by Crippen LogP contribution is -2.42. The van der Waals surface area contributed by atoms with Crippen molar-refractivity contribution in [1.29, 1.82) is 0 Å². The molecule has 7 nitrogen and oxygen atoms in total. The average Bonchev–Trinajstić information content (AvgIpc) is 2.45. The molecule has 0 bridgehead atoms. The number of Topliss-reactive ketones (excluding diaryl/α,β-unsaturated/α-hetero) is 1. The Balaban J connectivity index is 2.84. The van der Waals surface area contributed by atoms with E-state index in [1.54, 1.807) is 20.9 Å². The molecule has 1 heterocycles. The zero-order valence-corrected chi connectivity index (χ0v) is 13.9. The van der Waals surface area contributed by atoms with Gasteiger partial charge in [0.25, 0.3) is 5.56 Å². The second-order valence-electron chi connectivity index (χ2n) is 5.28. The van der Waals surface area contributed by atoms with E-state index in [1.165, 1.54) is 21.7 Å². The molecule has 0 aliphatic rings. The van der Waals surface area contributed by atoms with Crippen molar-refractivity contribution in [3.63, 3.8) is 0 Å². The second kappa shape index (κ2) is 8.60. The highest BCUT2D eigenvalue weighted by Gasteiger charge is 2.18. The van der Waals surface area contributed by atoms with E-state index in [-0.39, 0.29) is 41.0 Å². The summed E-state index contributed by atoms with van der Waals surface area (Å²) < 4.78 is 1.66. The minimum Gasteiger partial charge on any atom is -0.333 e. The molecule has 1 rings (SSSR count). The zero-order chi connectivity index (χ0) is 16.7. The lowest BCUT2D eigenvalue weighted by molar-refractivity contribution is -0.136. The van der Waals surface area contributed by atoms with E-state index in [4.69, 9.17) is 12.2 Å². The summed E-state index contributed by atoms with van der Waals surface area (Å²) in [5, 5.41) is 2.96. The summed E-state index contributed by atoms with van der Waals surface area (Å²) in [5.41, 5.74) is -0.310. The average molecular weight is 326 g/mol. The number of carbonyl (C=O) groups excluding carboxylic acids is 2. The Labute approximate surface area is 134 Å². The van der Waals surface area contributed by atoms with Crippen molar-refractivity contribution in [3.8, 4) is 0 Å². The van der Waals surface area contributed by atoms with Gasteiger partial charge in [0.15, 0.2) is 10.6 Å². The molecule has 1 amide bonds. The number of nitrogens with zero attached hydrogens (tertiary/aromatic N) is 2. The van der Waals surface area contributed by atoms with Gasteiger partial charge in [0.05, 0.1) is 6.54 Å². The van der Waals surface area contributed by atoms with Crippen LogP contribution in [-0.4, -0.2) is 52.8 Å².